The lowest BCUT2D eigenvalue weighted by Crippen LogP contribution is -2.29. The van der Waals surface area contributed by atoms with Crippen molar-refractivity contribution in [1.29, 1.82) is 0 Å². The number of benzene rings is 11. The average molecular weight is 1160 g/mol. The Morgan fingerprint density at radius 2 is 0.944 bits per heavy atom. The maximum absolute atomic E-state index is 9.57. The zero-order valence-electron chi connectivity index (χ0n) is 60.2. The van der Waals surface area contributed by atoms with Crippen molar-refractivity contribution in [2.75, 3.05) is 16.5 Å². The van der Waals surface area contributed by atoms with Gasteiger partial charge in [-0.1, -0.05) is 217 Å². The second-order valence-corrected chi connectivity index (χ2v) is 26.6. The van der Waals surface area contributed by atoms with E-state index in [-0.39, 0.29) is 58.0 Å². The Balaban J connectivity index is 0.869. The zero-order chi connectivity index (χ0) is 68.3. The first-order chi connectivity index (χ1) is 47.6. The fraction of sp³-hybridized carbons (Fsp3) is 0.155. The molecule has 0 saturated carbocycles. The minimum atomic E-state index is -0.651. The number of anilines is 4. The van der Waals surface area contributed by atoms with Crippen LogP contribution < -0.4 is 14.5 Å². The normalized spacial score (nSPS) is 18.8. The van der Waals surface area contributed by atoms with Crippen molar-refractivity contribution >= 4 is 44.6 Å². The first-order valence-corrected chi connectivity index (χ1v) is 30.8. The topological polar surface area (TPSA) is 33.5 Å². The van der Waals surface area contributed by atoms with Crippen LogP contribution in [0.5, 0.6) is 11.5 Å². The summed E-state index contributed by atoms with van der Waals surface area (Å²) in [5, 5.41) is 2.28. The molecule has 0 unspecified atom stereocenters. The van der Waals surface area contributed by atoms with Gasteiger partial charge in [-0.3, -0.25) is 4.57 Å². The quantitative estimate of drug-likeness (QED) is 0.159. The molecule has 5 heteroatoms. The molecule has 5 nitrogen and oxygen atoms in total. The molecule has 11 aromatic carbocycles. The molecule has 3 heterocycles. The molecule has 0 spiro atoms. The number of para-hydroxylation sites is 2. The monoisotopic (exact) mass is 1160 g/mol. The Kier molecular flexibility index (Phi) is 9.16. The number of fused-ring (bicyclic) bond motifs is 4. The highest BCUT2D eigenvalue weighted by molar-refractivity contribution is 6.13. The summed E-state index contributed by atoms with van der Waals surface area (Å²) in [6.45, 7) is 12.7. The van der Waals surface area contributed by atoms with E-state index in [2.05, 4.69) is 182 Å². The highest BCUT2D eigenvalue weighted by Gasteiger charge is 2.46. The third kappa shape index (κ3) is 7.70. The predicted molar refractivity (Wildman–Crippen MR) is 365 cm³/mol. The largest absolute Gasteiger partial charge is 0.457 e. The van der Waals surface area contributed by atoms with Gasteiger partial charge >= 0.3 is 0 Å². The molecular formula is C84H66N4O. The van der Waals surface area contributed by atoms with E-state index in [1.165, 1.54) is 61.0 Å². The van der Waals surface area contributed by atoms with Crippen LogP contribution in [0.3, 0.4) is 0 Å². The molecule has 6 aliphatic carbocycles. The predicted octanol–water partition coefficient (Wildman–Crippen LogP) is 21.1. The van der Waals surface area contributed by atoms with E-state index in [9.17, 15) is 5.48 Å². The van der Waals surface area contributed by atoms with Gasteiger partial charge in [-0.05, 0) is 155 Å². The molecule has 2 aromatic heterocycles. The summed E-state index contributed by atoms with van der Waals surface area (Å²) in [5.74, 6) is 1.79. The molecule has 4 bridgehead atoms. The molecule has 1 aliphatic heterocycles. The maximum atomic E-state index is 9.57. The molecule has 0 fully saturated rings. The molecule has 13 aromatic rings. The van der Waals surface area contributed by atoms with E-state index < -0.39 is 65.8 Å². The molecule has 7 aliphatic rings. The zero-order valence-corrected chi connectivity index (χ0v) is 50.2. The van der Waals surface area contributed by atoms with Crippen LogP contribution in [-0.2, 0) is 10.8 Å². The summed E-state index contributed by atoms with van der Waals surface area (Å²) in [5.41, 5.74) is 20.9. The number of rotatable bonds is 7. The summed E-state index contributed by atoms with van der Waals surface area (Å²) in [7, 11) is 0. The van der Waals surface area contributed by atoms with E-state index in [1.54, 1.807) is 0 Å². The lowest BCUT2D eigenvalue weighted by molar-refractivity contribution is 0.471. The third-order valence-electron chi connectivity index (χ3n) is 19.7. The van der Waals surface area contributed by atoms with E-state index in [1.807, 2.05) is 68.3 Å². The van der Waals surface area contributed by atoms with E-state index >= 15 is 0 Å². The van der Waals surface area contributed by atoms with Crippen LogP contribution in [0.4, 0.5) is 22.7 Å². The number of ether oxygens (including phenoxy) is 1. The number of pyridine rings is 1. The van der Waals surface area contributed by atoms with Gasteiger partial charge in [-0.15, -0.1) is 0 Å². The summed E-state index contributed by atoms with van der Waals surface area (Å²) in [6.07, 6.45) is 1.93. The Labute approximate surface area is 534 Å². The van der Waals surface area contributed by atoms with Gasteiger partial charge in [0.05, 0.1) is 41.8 Å². The van der Waals surface area contributed by atoms with Crippen molar-refractivity contribution in [3.05, 3.63) is 333 Å². The summed E-state index contributed by atoms with van der Waals surface area (Å²) in [6, 6.07) is 61.9. The number of nitrogens with zero attached hydrogens (tertiary/aromatic N) is 4. The molecule has 0 radical (unpaired) electrons. The Morgan fingerprint density at radius 3 is 1.49 bits per heavy atom. The highest BCUT2D eigenvalue weighted by Crippen LogP contribution is 2.62. The van der Waals surface area contributed by atoms with Crippen LogP contribution in [0.2, 0.25) is 0 Å². The second kappa shape index (κ2) is 19.1. The SMILES string of the molecule is [2H]c1c([2H])c([2H])c(-c2cc(C(C)(C)C)cc(-c3c([2H])c([2H])c([2H])c([2H])c3[2H])c2N2CN(c3cc(Oc4ccc5c6c7c(ccc6n(-c6cc(C(C)(C)C)ccn6)c5c4)C4c5ccccc5C7c5ccccc54)c4c(c3)C3c5ccccc5C4c4ccccc43)c3ccccc32)c([2H])c1[2H]. The Hall–Kier alpha value is -10.2. The van der Waals surface area contributed by atoms with Crippen LogP contribution in [-0.4, -0.2) is 16.2 Å². The molecule has 20 rings (SSSR count). The van der Waals surface area contributed by atoms with Gasteiger partial charge in [0.1, 0.15) is 24.0 Å². The molecule has 89 heavy (non-hydrogen) atoms. The Bertz CT molecular complexity index is 5500. The lowest BCUT2D eigenvalue weighted by Gasteiger charge is -2.43. The van der Waals surface area contributed by atoms with E-state index in [0.717, 1.165) is 50.3 Å². The number of aromatic nitrogens is 2. The van der Waals surface area contributed by atoms with E-state index in [4.69, 9.17) is 17.9 Å². The first kappa shape index (κ1) is 42.6. The van der Waals surface area contributed by atoms with Crippen molar-refractivity contribution in [1.82, 2.24) is 9.55 Å². The molecule has 0 N–H and O–H groups in total. The van der Waals surface area contributed by atoms with E-state index in [0.29, 0.717) is 28.4 Å². The van der Waals surface area contributed by atoms with Gasteiger partial charge in [-0.25, -0.2) is 4.98 Å². The summed E-state index contributed by atoms with van der Waals surface area (Å²) < 4.78 is 102. The lowest BCUT2D eigenvalue weighted by atomic mass is 9.60. The smallest absolute Gasteiger partial charge is 0.137 e. The summed E-state index contributed by atoms with van der Waals surface area (Å²) in [4.78, 5) is 9.39. The van der Waals surface area contributed by atoms with Gasteiger partial charge in [0.25, 0.3) is 0 Å². The highest BCUT2D eigenvalue weighted by atomic mass is 16.5. The fourth-order valence-electron chi connectivity index (χ4n) is 15.8. The standard InChI is InChI=1S/C84H66N4O/c1-83(2,3)52-41-42-85-74(45-52)88-71-40-39-65-75-56-27-13-19-33-62(56)78(63-34-20-14-28-57(63)75)81(65)79(71)64-38-37-55(48-72(64)88)89-73-47-54(46-68-76-58-29-15-17-31-60(58)77(80(68)73)61-32-18-16-30-59(61)76)86-49-87(70-36-22-21-35-69(70)86)82-66(50-23-9-7-10-24-50)43-53(84(4,5)6)44-67(82)51-25-11-8-12-26-51/h7-48,75-78H,49H2,1-6H3/i7D,8D,9D,10D,11D,12D,23D,24D,25D,26D. The summed E-state index contributed by atoms with van der Waals surface area (Å²) >= 11 is 0. The number of hydrogen-bond donors (Lipinski definition) is 0. The van der Waals surface area contributed by atoms with Gasteiger partial charge < -0.3 is 14.5 Å². The van der Waals surface area contributed by atoms with Gasteiger partial charge in [-0.2, -0.15) is 0 Å². The van der Waals surface area contributed by atoms with Gasteiger partial charge in [0.2, 0.25) is 0 Å². The van der Waals surface area contributed by atoms with Crippen LogP contribution in [0.25, 0.3) is 49.9 Å². The minimum Gasteiger partial charge on any atom is -0.457 e. The van der Waals surface area contributed by atoms with Crippen LogP contribution in [0.1, 0.15) is 157 Å². The Morgan fingerprint density at radius 1 is 0.438 bits per heavy atom. The van der Waals surface area contributed by atoms with Crippen molar-refractivity contribution in [2.45, 2.75) is 76.0 Å². The van der Waals surface area contributed by atoms with Crippen molar-refractivity contribution in [3.8, 4) is 39.6 Å². The van der Waals surface area contributed by atoms with Crippen LogP contribution in [0.15, 0.2) is 255 Å². The van der Waals surface area contributed by atoms with Gasteiger partial charge in [0, 0.05) is 75.2 Å². The first-order valence-electron chi connectivity index (χ1n) is 35.8. The minimum absolute atomic E-state index is 0.00790. The van der Waals surface area contributed by atoms with Crippen LogP contribution >= 0.6 is 0 Å². The number of hydrogen-bond acceptors (Lipinski definition) is 4. The molecular weight excluding hydrogens is 1080 g/mol. The fourth-order valence-corrected chi connectivity index (χ4v) is 15.8. The molecule has 0 atom stereocenters. The second-order valence-electron chi connectivity index (χ2n) is 26.6. The van der Waals surface area contributed by atoms with Crippen molar-refractivity contribution in [3.63, 3.8) is 0 Å². The van der Waals surface area contributed by atoms with Crippen molar-refractivity contribution < 1.29 is 18.4 Å². The third-order valence-corrected chi connectivity index (χ3v) is 19.7. The average Bonchev–Trinajstić information content (AvgIpc) is 1.69. The molecule has 428 valence electrons. The van der Waals surface area contributed by atoms with Crippen molar-refractivity contribution in [2.24, 2.45) is 0 Å². The molecule has 0 saturated heterocycles. The molecule has 0 amide bonds. The van der Waals surface area contributed by atoms with Crippen LogP contribution in [0, 0.1) is 0 Å². The maximum Gasteiger partial charge on any atom is 0.137 e. The van der Waals surface area contributed by atoms with Gasteiger partial charge in [0.15, 0.2) is 0 Å².